The summed E-state index contributed by atoms with van der Waals surface area (Å²) in [5.41, 5.74) is 6.93. The minimum Gasteiger partial charge on any atom is -0.354 e. The average Bonchev–Trinajstić information content (AvgIpc) is 3.44. The minimum atomic E-state index is 0.0477. The molecule has 1 amide bonds. The van der Waals surface area contributed by atoms with Gasteiger partial charge in [0.1, 0.15) is 0 Å². The summed E-state index contributed by atoms with van der Waals surface area (Å²) in [4.78, 5) is 24.3. The molecule has 0 saturated carbocycles. The molecule has 2 aliphatic rings. The number of imidazole rings is 1. The van der Waals surface area contributed by atoms with Crippen LogP contribution < -0.4 is 10.2 Å². The van der Waals surface area contributed by atoms with E-state index in [1.807, 2.05) is 36.7 Å². The van der Waals surface area contributed by atoms with Gasteiger partial charge in [-0.1, -0.05) is 56.2 Å². The molecule has 6 rings (SSSR count). The van der Waals surface area contributed by atoms with Crippen molar-refractivity contribution < 1.29 is 4.79 Å². The number of carbonyl (C=O) groups excluding carboxylic acids is 1. The predicted molar refractivity (Wildman–Crippen MR) is 136 cm³/mol. The lowest BCUT2D eigenvalue weighted by Crippen LogP contribution is -2.34. The van der Waals surface area contributed by atoms with Crippen molar-refractivity contribution in [2.45, 2.75) is 39.0 Å². The molecule has 1 N–H and O–H groups in total. The van der Waals surface area contributed by atoms with Gasteiger partial charge in [-0.15, -0.1) is 0 Å². The lowest BCUT2D eigenvalue weighted by atomic mass is 9.92. The highest BCUT2D eigenvalue weighted by Gasteiger charge is 2.25. The van der Waals surface area contributed by atoms with E-state index in [4.69, 9.17) is 9.97 Å². The summed E-state index contributed by atoms with van der Waals surface area (Å²) in [6.07, 6.45) is 9.30. The van der Waals surface area contributed by atoms with E-state index in [9.17, 15) is 4.79 Å². The highest BCUT2D eigenvalue weighted by molar-refractivity contribution is 6.00. The molecule has 2 aromatic carbocycles. The van der Waals surface area contributed by atoms with Crippen molar-refractivity contribution in [3.05, 3.63) is 66.5 Å². The van der Waals surface area contributed by atoms with Gasteiger partial charge in [-0.3, -0.25) is 9.20 Å². The first-order valence-corrected chi connectivity index (χ1v) is 12.3. The Morgan fingerprint density at radius 1 is 1.06 bits per heavy atom. The third-order valence-corrected chi connectivity index (χ3v) is 7.19. The summed E-state index contributed by atoms with van der Waals surface area (Å²) in [6, 6.07) is 16.5. The SMILES string of the molecule is CCCC1CCN(c2nccn3c(-c4ccc5c(c4)CC(=O)N5)c(-c4ccccc4)nc23)CC1. The number of amides is 1. The normalized spacial score (nSPS) is 16.1. The monoisotopic (exact) mass is 451 g/mol. The van der Waals surface area contributed by atoms with E-state index in [0.717, 1.165) is 64.2 Å². The first-order valence-electron chi connectivity index (χ1n) is 12.3. The molecular weight excluding hydrogens is 422 g/mol. The molecule has 0 radical (unpaired) electrons. The van der Waals surface area contributed by atoms with Crippen LogP contribution in [0, 0.1) is 5.92 Å². The minimum absolute atomic E-state index is 0.0477. The van der Waals surface area contributed by atoms with E-state index in [-0.39, 0.29) is 5.91 Å². The number of hydrogen-bond donors (Lipinski definition) is 1. The quantitative estimate of drug-likeness (QED) is 0.431. The van der Waals surface area contributed by atoms with Gasteiger partial charge in [-0.05, 0) is 36.5 Å². The zero-order valence-electron chi connectivity index (χ0n) is 19.5. The summed E-state index contributed by atoms with van der Waals surface area (Å²) in [5, 5.41) is 2.94. The number of piperidine rings is 1. The van der Waals surface area contributed by atoms with E-state index < -0.39 is 0 Å². The molecule has 0 bridgehead atoms. The molecule has 0 atom stereocenters. The summed E-state index contributed by atoms with van der Waals surface area (Å²) >= 11 is 0. The maximum absolute atomic E-state index is 11.9. The van der Waals surface area contributed by atoms with Crippen LogP contribution in [0.25, 0.3) is 28.2 Å². The van der Waals surface area contributed by atoms with Gasteiger partial charge in [-0.2, -0.15) is 0 Å². The molecule has 0 spiro atoms. The second-order valence-corrected chi connectivity index (χ2v) is 9.44. The van der Waals surface area contributed by atoms with Gasteiger partial charge in [0.25, 0.3) is 0 Å². The predicted octanol–water partition coefficient (Wildman–Crippen LogP) is 5.57. The van der Waals surface area contributed by atoms with Gasteiger partial charge in [0.2, 0.25) is 5.91 Å². The zero-order valence-corrected chi connectivity index (χ0v) is 19.5. The van der Waals surface area contributed by atoms with Crippen molar-refractivity contribution in [3.63, 3.8) is 0 Å². The number of carbonyl (C=O) groups is 1. The van der Waals surface area contributed by atoms with Crippen molar-refractivity contribution in [2.75, 3.05) is 23.3 Å². The third kappa shape index (κ3) is 3.63. The Morgan fingerprint density at radius 2 is 1.88 bits per heavy atom. The largest absolute Gasteiger partial charge is 0.354 e. The standard InChI is InChI=1S/C28H29N5O/c1-2-6-19-11-14-32(15-12-19)27-28-31-25(20-7-4-3-5-8-20)26(33(28)16-13-29-27)21-9-10-23-22(17-21)18-24(34)30-23/h3-5,7-10,13,16-17,19H,2,6,11-12,14-15,18H2,1H3,(H,30,34). The van der Waals surface area contributed by atoms with Crippen molar-refractivity contribution in [1.82, 2.24) is 14.4 Å². The molecule has 4 aromatic rings. The number of benzene rings is 2. The number of hydrogen-bond acceptors (Lipinski definition) is 4. The van der Waals surface area contributed by atoms with Crippen molar-refractivity contribution in [3.8, 4) is 22.5 Å². The Balaban J connectivity index is 1.48. The van der Waals surface area contributed by atoms with Crippen LogP contribution in [0.5, 0.6) is 0 Å². The maximum atomic E-state index is 11.9. The fourth-order valence-electron chi connectivity index (χ4n) is 5.48. The average molecular weight is 452 g/mol. The Bertz CT molecular complexity index is 1350. The lowest BCUT2D eigenvalue weighted by Gasteiger charge is -2.32. The molecule has 172 valence electrons. The molecule has 34 heavy (non-hydrogen) atoms. The summed E-state index contributed by atoms with van der Waals surface area (Å²) < 4.78 is 2.18. The molecule has 2 aromatic heterocycles. The molecule has 6 heteroatoms. The smallest absolute Gasteiger partial charge is 0.228 e. The molecule has 0 unspecified atom stereocenters. The molecule has 6 nitrogen and oxygen atoms in total. The van der Waals surface area contributed by atoms with Crippen LogP contribution in [0.2, 0.25) is 0 Å². The first-order chi connectivity index (χ1) is 16.7. The molecule has 1 fully saturated rings. The summed E-state index contributed by atoms with van der Waals surface area (Å²) in [7, 11) is 0. The third-order valence-electron chi connectivity index (χ3n) is 7.19. The van der Waals surface area contributed by atoms with E-state index in [2.05, 4.69) is 45.8 Å². The second-order valence-electron chi connectivity index (χ2n) is 9.44. The number of aromatic nitrogens is 3. The van der Waals surface area contributed by atoms with Gasteiger partial charge in [-0.25, -0.2) is 9.97 Å². The molecule has 4 heterocycles. The summed E-state index contributed by atoms with van der Waals surface area (Å²) in [5.74, 6) is 1.82. The van der Waals surface area contributed by atoms with Crippen LogP contribution in [0.1, 0.15) is 38.2 Å². The van der Waals surface area contributed by atoms with E-state index in [1.165, 1.54) is 25.7 Å². The topological polar surface area (TPSA) is 62.5 Å². The summed E-state index contributed by atoms with van der Waals surface area (Å²) in [6.45, 7) is 4.32. The van der Waals surface area contributed by atoms with Gasteiger partial charge < -0.3 is 10.2 Å². The van der Waals surface area contributed by atoms with Crippen molar-refractivity contribution in [2.24, 2.45) is 5.92 Å². The van der Waals surface area contributed by atoms with Crippen LogP contribution in [-0.2, 0) is 11.2 Å². The number of nitrogens with zero attached hydrogens (tertiary/aromatic N) is 4. The molecule has 2 aliphatic heterocycles. The van der Waals surface area contributed by atoms with Crippen LogP contribution in [0.15, 0.2) is 60.9 Å². The first kappa shape index (κ1) is 20.9. The fraction of sp³-hybridized carbons (Fsp3) is 0.321. The lowest BCUT2D eigenvalue weighted by molar-refractivity contribution is -0.115. The Labute approximate surface area is 199 Å². The highest BCUT2D eigenvalue weighted by Crippen LogP contribution is 2.38. The second kappa shape index (κ2) is 8.60. The maximum Gasteiger partial charge on any atom is 0.228 e. The fourth-order valence-corrected chi connectivity index (χ4v) is 5.48. The van der Waals surface area contributed by atoms with E-state index in [1.54, 1.807) is 0 Å². The van der Waals surface area contributed by atoms with E-state index in [0.29, 0.717) is 6.42 Å². The number of nitrogens with one attached hydrogen (secondary N) is 1. The van der Waals surface area contributed by atoms with Crippen molar-refractivity contribution in [1.29, 1.82) is 0 Å². The number of rotatable bonds is 5. The van der Waals surface area contributed by atoms with Crippen LogP contribution in [0.3, 0.4) is 0 Å². The van der Waals surface area contributed by atoms with Crippen LogP contribution >= 0.6 is 0 Å². The Hall–Kier alpha value is -3.67. The Kier molecular flexibility index (Phi) is 5.28. The van der Waals surface area contributed by atoms with Crippen LogP contribution in [0.4, 0.5) is 11.5 Å². The molecular formula is C28H29N5O. The van der Waals surface area contributed by atoms with Crippen molar-refractivity contribution >= 4 is 23.1 Å². The van der Waals surface area contributed by atoms with Crippen LogP contribution in [-0.4, -0.2) is 33.4 Å². The van der Waals surface area contributed by atoms with Gasteiger partial charge in [0.15, 0.2) is 11.5 Å². The Morgan fingerprint density at radius 3 is 2.68 bits per heavy atom. The zero-order chi connectivity index (χ0) is 23.1. The molecule has 0 aliphatic carbocycles. The van der Waals surface area contributed by atoms with E-state index >= 15 is 0 Å². The van der Waals surface area contributed by atoms with Gasteiger partial charge in [0, 0.05) is 42.3 Å². The number of anilines is 2. The highest BCUT2D eigenvalue weighted by atomic mass is 16.1. The number of fused-ring (bicyclic) bond motifs is 2. The van der Waals surface area contributed by atoms with Gasteiger partial charge >= 0.3 is 0 Å². The van der Waals surface area contributed by atoms with Gasteiger partial charge in [0.05, 0.1) is 17.8 Å². The molecule has 1 saturated heterocycles.